The molecular weight excluding hydrogens is 343 g/mol. The Kier molecular flexibility index (Phi) is 4.01. The Labute approximate surface area is 157 Å². The molecule has 0 amide bonds. The minimum absolute atomic E-state index is 0.000721. The highest BCUT2D eigenvalue weighted by Crippen LogP contribution is 2.29. The van der Waals surface area contributed by atoms with Crippen LogP contribution in [0.15, 0.2) is 53.3 Å². The Morgan fingerprint density at radius 3 is 2.37 bits per heavy atom. The van der Waals surface area contributed by atoms with Crippen LogP contribution in [0.3, 0.4) is 0 Å². The normalized spacial score (nSPS) is 19.5. The zero-order chi connectivity index (χ0) is 18.4. The molecule has 2 aliphatic rings. The fourth-order valence-electron chi connectivity index (χ4n) is 4.49. The van der Waals surface area contributed by atoms with Gasteiger partial charge in [0.05, 0.1) is 11.0 Å². The van der Waals surface area contributed by atoms with Gasteiger partial charge in [-0.3, -0.25) is 9.47 Å². The number of para-hydroxylation sites is 2. The first kappa shape index (κ1) is 16.6. The van der Waals surface area contributed by atoms with Gasteiger partial charge in [0.2, 0.25) is 0 Å². The summed E-state index contributed by atoms with van der Waals surface area (Å²) in [5.41, 5.74) is 3.01. The Balaban J connectivity index is 1.22. The van der Waals surface area contributed by atoms with E-state index in [0.717, 1.165) is 55.7 Å². The Morgan fingerprint density at radius 1 is 0.926 bits per heavy atom. The molecular formula is C21H23FN4O. The highest BCUT2D eigenvalue weighted by molar-refractivity contribution is 5.75. The molecule has 5 nitrogen and oxygen atoms in total. The summed E-state index contributed by atoms with van der Waals surface area (Å²) in [5, 5.41) is 0. The molecule has 0 spiro atoms. The van der Waals surface area contributed by atoms with Crippen molar-refractivity contribution in [3.63, 3.8) is 0 Å². The number of aromatic amines is 1. The average Bonchev–Trinajstić information content (AvgIpc) is 2.98. The van der Waals surface area contributed by atoms with Gasteiger partial charge >= 0.3 is 5.69 Å². The number of hydrogen-bond donors (Lipinski definition) is 1. The average molecular weight is 366 g/mol. The van der Waals surface area contributed by atoms with E-state index in [1.165, 1.54) is 12.1 Å². The fraction of sp³-hybridized carbons (Fsp3) is 0.381. The van der Waals surface area contributed by atoms with Gasteiger partial charge in [-0.05, 0) is 49.2 Å². The minimum atomic E-state index is -0.189. The van der Waals surface area contributed by atoms with Crippen LogP contribution >= 0.6 is 0 Å². The van der Waals surface area contributed by atoms with Gasteiger partial charge in [0.25, 0.3) is 0 Å². The maximum Gasteiger partial charge on any atom is 0.326 e. The number of hydrogen-bond acceptors (Lipinski definition) is 3. The molecule has 3 heterocycles. The SMILES string of the molecule is O=c1[nH]c2ccccc2n1C1CCN(C2CN(c3ccc(F)cc3)C2)CC1. The topological polar surface area (TPSA) is 44.3 Å². The number of H-pyrrole nitrogens is 1. The van der Waals surface area contributed by atoms with E-state index < -0.39 is 0 Å². The molecule has 140 valence electrons. The predicted molar refractivity (Wildman–Crippen MR) is 105 cm³/mol. The number of nitrogens with one attached hydrogen (secondary N) is 1. The smallest absolute Gasteiger partial charge is 0.326 e. The van der Waals surface area contributed by atoms with Crippen molar-refractivity contribution in [1.29, 1.82) is 0 Å². The third kappa shape index (κ3) is 2.94. The summed E-state index contributed by atoms with van der Waals surface area (Å²) in [6.45, 7) is 4.00. The number of piperidine rings is 1. The van der Waals surface area contributed by atoms with Gasteiger partial charge in [0.15, 0.2) is 0 Å². The second kappa shape index (κ2) is 6.53. The van der Waals surface area contributed by atoms with E-state index in [9.17, 15) is 9.18 Å². The molecule has 1 N–H and O–H groups in total. The zero-order valence-electron chi connectivity index (χ0n) is 15.1. The molecule has 27 heavy (non-hydrogen) atoms. The predicted octanol–water partition coefficient (Wildman–Crippen LogP) is 2.99. The van der Waals surface area contributed by atoms with E-state index in [2.05, 4.69) is 14.8 Å². The molecule has 0 atom stereocenters. The first-order valence-corrected chi connectivity index (χ1v) is 9.63. The van der Waals surface area contributed by atoms with Crippen LogP contribution in [0.4, 0.5) is 10.1 Å². The first-order valence-electron chi connectivity index (χ1n) is 9.63. The summed E-state index contributed by atoms with van der Waals surface area (Å²) in [6, 6.07) is 15.5. The van der Waals surface area contributed by atoms with Gasteiger partial charge in [-0.2, -0.15) is 0 Å². The van der Waals surface area contributed by atoms with E-state index in [4.69, 9.17) is 0 Å². The molecule has 0 bridgehead atoms. The minimum Gasteiger partial charge on any atom is -0.368 e. The van der Waals surface area contributed by atoms with Gasteiger partial charge < -0.3 is 9.88 Å². The van der Waals surface area contributed by atoms with Crippen molar-refractivity contribution in [1.82, 2.24) is 14.5 Å². The van der Waals surface area contributed by atoms with Gasteiger partial charge in [-0.25, -0.2) is 9.18 Å². The molecule has 3 aromatic rings. The van der Waals surface area contributed by atoms with Gasteiger partial charge in [0, 0.05) is 44.0 Å². The molecule has 1 aromatic heterocycles. The van der Waals surface area contributed by atoms with Crippen LogP contribution in [0.2, 0.25) is 0 Å². The van der Waals surface area contributed by atoms with Gasteiger partial charge in [-0.1, -0.05) is 12.1 Å². The molecule has 6 heteroatoms. The number of imidazole rings is 1. The van der Waals surface area contributed by atoms with Crippen LogP contribution in [0.5, 0.6) is 0 Å². The van der Waals surface area contributed by atoms with Crippen LogP contribution in [0.25, 0.3) is 11.0 Å². The number of aromatic nitrogens is 2. The van der Waals surface area contributed by atoms with Crippen molar-refractivity contribution in [2.24, 2.45) is 0 Å². The van der Waals surface area contributed by atoms with Crippen LogP contribution in [0, 0.1) is 5.82 Å². The Bertz CT molecular complexity index is 995. The lowest BCUT2D eigenvalue weighted by molar-refractivity contribution is 0.115. The fourth-order valence-corrected chi connectivity index (χ4v) is 4.49. The zero-order valence-corrected chi connectivity index (χ0v) is 15.1. The maximum atomic E-state index is 13.1. The molecule has 2 aliphatic heterocycles. The molecule has 0 aliphatic carbocycles. The summed E-state index contributed by atoms with van der Waals surface area (Å²) in [6.07, 6.45) is 1.99. The first-order chi connectivity index (χ1) is 13.2. The van der Waals surface area contributed by atoms with E-state index in [1.807, 2.05) is 41.0 Å². The number of benzene rings is 2. The summed E-state index contributed by atoms with van der Waals surface area (Å²) in [7, 11) is 0. The standard InChI is InChI=1S/C21H23FN4O/c22-15-5-7-16(8-6-15)25-13-18(14-25)24-11-9-17(10-12-24)26-20-4-2-1-3-19(20)23-21(26)27/h1-8,17-18H,9-14H2,(H,23,27). The quantitative estimate of drug-likeness (QED) is 0.775. The highest BCUT2D eigenvalue weighted by atomic mass is 19.1. The second-order valence-electron chi connectivity index (χ2n) is 7.62. The Hall–Kier alpha value is -2.60. The van der Waals surface area contributed by atoms with Crippen LogP contribution in [-0.2, 0) is 0 Å². The third-order valence-corrected chi connectivity index (χ3v) is 6.06. The number of halogens is 1. The van der Waals surface area contributed by atoms with Crippen LogP contribution < -0.4 is 10.6 Å². The maximum absolute atomic E-state index is 13.1. The molecule has 0 saturated carbocycles. The summed E-state index contributed by atoms with van der Waals surface area (Å²) in [4.78, 5) is 20.2. The lowest BCUT2D eigenvalue weighted by Gasteiger charge is -2.48. The summed E-state index contributed by atoms with van der Waals surface area (Å²) in [5.74, 6) is -0.189. The molecule has 2 fully saturated rings. The lowest BCUT2D eigenvalue weighted by Crippen LogP contribution is -2.61. The lowest BCUT2D eigenvalue weighted by atomic mass is 9.99. The summed E-state index contributed by atoms with van der Waals surface area (Å²) < 4.78 is 15.0. The van der Waals surface area contributed by atoms with Crippen LogP contribution in [0.1, 0.15) is 18.9 Å². The number of anilines is 1. The van der Waals surface area contributed by atoms with Crippen molar-refractivity contribution in [2.75, 3.05) is 31.1 Å². The van der Waals surface area contributed by atoms with E-state index in [-0.39, 0.29) is 17.5 Å². The molecule has 5 rings (SSSR count). The third-order valence-electron chi connectivity index (χ3n) is 6.06. The number of likely N-dealkylation sites (tertiary alicyclic amines) is 1. The van der Waals surface area contributed by atoms with Crippen LogP contribution in [-0.4, -0.2) is 46.7 Å². The number of rotatable bonds is 3. The van der Waals surface area contributed by atoms with Gasteiger partial charge in [0.1, 0.15) is 5.82 Å². The summed E-state index contributed by atoms with van der Waals surface area (Å²) >= 11 is 0. The number of fused-ring (bicyclic) bond motifs is 1. The molecule has 0 unspecified atom stereocenters. The van der Waals surface area contributed by atoms with Crippen molar-refractivity contribution >= 4 is 16.7 Å². The van der Waals surface area contributed by atoms with E-state index in [1.54, 1.807) is 0 Å². The largest absolute Gasteiger partial charge is 0.368 e. The van der Waals surface area contributed by atoms with E-state index in [0.29, 0.717) is 6.04 Å². The Morgan fingerprint density at radius 2 is 1.63 bits per heavy atom. The number of nitrogens with zero attached hydrogens (tertiary/aromatic N) is 3. The molecule has 2 aromatic carbocycles. The molecule has 2 saturated heterocycles. The highest BCUT2D eigenvalue weighted by Gasteiger charge is 2.34. The van der Waals surface area contributed by atoms with Crippen molar-refractivity contribution in [3.05, 3.63) is 64.8 Å². The van der Waals surface area contributed by atoms with Crippen molar-refractivity contribution in [2.45, 2.75) is 24.9 Å². The van der Waals surface area contributed by atoms with Crippen molar-refractivity contribution < 1.29 is 4.39 Å². The van der Waals surface area contributed by atoms with Crippen molar-refractivity contribution in [3.8, 4) is 0 Å². The monoisotopic (exact) mass is 366 g/mol. The van der Waals surface area contributed by atoms with E-state index >= 15 is 0 Å². The van der Waals surface area contributed by atoms with Gasteiger partial charge in [-0.15, -0.1) is 0 Å². The second-order valence-corrected chi connectivity index (χ2v) is 7.62. The molecule has 0 radical (unpaired) electrons.